The lowest BCUT2D eigenvalue weighted by molar-refractivity contribution is -0.0271. The smallest absolute Gasteiger partial charge is 0.103 e. The van der Waals surface area contributed by atoms with E-state index in [1.807, 2.05) is 0 Å². The summed E-state index contributed by atoms with van der Waals surface area (Å²) in [7, 11) is 0. The molecule has 0 fully saturated rings. The summed E-state index contributed by atoms with van der Waals surface area (Å²) < 4.78 is 37.0. The molecule has 0 aliphatic rings. The Bertz CT molecular complexity index is 158. The van der Waals surface area contributed by atoms with Gasteiger partial charge in [0.15, 0.2) is 0 Å². The fourth-order valence-corrected chi connectivity index (χ4v) is 0.921. The van der Waals surface area contributed by atoms with Crippen molar-refractivity contribution in [2.24, 2.45) is 5.41 Å². The molecule has 0 saturated carbocycles. The molecule has 0 amide bonds. The van der Waals surface area contributed by atoms with Gasteiger partial charge in [0, 0.05) is 0 Å². The minimum Gasteiger partial charge on any atom is -0.392 e. The summed E-state index contributed by atoms with van der Waals surface area (Å²) in [5.41, 5.74) is -1.31. The summed E-state index contributed by atoms with van der Waals surface area (Å²) in [5, 5.41) is 9.35. The molecule has 0 aromatic carbocycles. The molecule has 1 N–H and O–H groups in total. The predicted octanol–water partition coefficient (Wildman–Crippen LogP) is 2.21. The normalized spacial score (nSPS) is 14.2. The van der Waals surface area contributed by atoms with Crippen molar-refractivity contribution in [3.05, 3.63) is 12.2 Å². The molecule has 0 rings (SSSR count). The molecule has 0 radical (unpaired) electrons. The molecule has 0 aromatic rings. The van der Waals surface area contributed by atoms with E-state index in [0.717, 1.165) is 0 Å². The molecular formula is C9H15F3O. The van der Waals surface area contributed by atoms with Crippen LogP contribution in [0.25, 0.3) is 0 Å². The van der Waals surface area contributed by atoms with Crippen LogP contribution < -0.4 is 0 Å². The van der Waals surface area contributed by atoms with Crippen molar-refractivity contribution in [3.63, 3.8) is 0 Å². The van der Waals surface area contributed by atoms with Crippen LogP contribution >= 0.6 is 0 Å². The van der Waals surface area contributed by atoms with Crippen LogP contribution in [0.5, 0.6) is 0 Å². The van der Waals surface area contributed by atoms with Gasteiger partial charge in [-0.3, -0.25) is 13.2 Å². The first kappa shape index (κ1) is 12.5. The average molecular weight is 196 g/mol. The van der Waals surface area contributed by atoms with Crippen LogP contribution in [0.1, 0.15) is 13.3 Å². The predicted molar refractivity (Wildman–Crippen MR) is 45.8 cm³/mol. The maximum absolute atomic E-state index is 12.3. The van der Waals surface area contributed by atoms with E-state index in [4.69, 9.17) is 0 Å². The van der Waals surface area contributed by atoms with E-state index in [2.05, 4.69) is 6.58 Å². The first-order chi connectivity index (χ1) is 6.02. The van der Waals surface area contributed by atoms with Crippen molar-refractivity contribution in [2.75, 3.05) is 20.0 Å². The zero-order valence-electron chi connectivity index (χ0n) is 7.69. The minimum atomic E-state index is -1.89. The van der Waals surface area contributed by atoms with Crippen LogP contribution in [0.2, 0.25) is 0 Å². The Morgan fingerprint density at radius 3 is 1.92 bits per heavy atom. The highest BCUT2D eigenvalue weighted by atomic mass is 19.1. The third-order valence-electron chi connectivity index (χ3n) is 2.05. The molecule has 0 bridgehead atoms. The molecule has 1 atom stereocenters. The van der Waals surface area contributed by atoms with E-state index in [1.165, 1.54) is 0 Å². The summed E-state index contributed by atoms with van der Waals surface area (Å²) in [6.45, 7) is 1.50. The lowest BCUT2D eigenvalue weighted by atomic mass is 9.83. The Balaban J connectivity index is 4.43. The van der Waals surface area contributed by atoms with Gasteiger partial charge in [-0.2, -0.15) is 0 Å². The highest BCUT2D eigenvalue weighted by Crippen LogP contribution is 2.28. The van der Waals surface area contributed by atoms with E-state index in [1.54, 1.807) is 6.92 Å². The van der Waals surface area contributed by atoms with E-state index >= 15 is 0 Å². The van der Waals surface area contributed by atoms with Crippen molar-refractivity contribution in [2.45, 2.75) is 19.4 Å². The minimum absolute atomic E-state index is 0.0256. The van der Waals surface area contributed by atoms with Gasteiger partial charge in [0.1, 0.15) is 20.0 Å². The zero-order chi connectivity index (χ0) is 10.5. The van der Waals surface area contributed by atoms with Crippen LogP contribution in [0.3, 0.4) is 0 Å². The largest absolute Gasteiger partial charge is 0.392 e. The Labute approximate surface area is 76.3 Å². The summed E-state index contributed by atoms with van der Waals surface area (Å²) >= 11 is 0. The molecule has 4 heteroatoms. The third kappa shape index (κ3) is 3.03. The van der Waals surface area contributed by atoms with Crippen LogP contribution in [0.15, 0.2) is 12.2 Å². The van der Waals surface area contributed by atoms with Crippen LogP contribution in [-0.4, -0.2) is 31.2 Å². The Morgan fingerprint density at radius 1 is 1.31 bits per heavy atom. The second-order valence-electron chi connectivity index (χ2n) is 3.44. The Morgan fingerprint density at radius 2 is 1.69 bits per heavy atom. The maximum atomic E-state index is 12.3. The van der Waals surface area contributed by atoms with Gasteiger partial charge in [-0.25, -0.2) is 0 Å². The zero-order valence-corrected chi connectivity index (χ0v) is 7.69. The quantitative estimate of drug-likeness (QED) is 0.646. The molecular weight excluding hydrogens is 181 g/mol. The molecule has 13 heavy (non-hydrogen) atoms. The van der Waals surface area contributed by atoms with Crippen molar-refractivity contribution in [1.29, 1.82) is 0 Å². The van der Waals surface area contributed by atoms with Gasteiger partial charge in [-0.1, -0.05) is 5.57 Å². The first-order valence-electron chi connectivity index (χ1n) is 4.02. The molecule has 0 spiro atoms. The van der Waals surface area contributed by atoms with Gasteiger partial charge >= 0.3 is 0 Å². The van der Waals surface area contributed by atoms with Gasteiger partial charge in [0.05, 0.1) is 11.5 Å². The maximum Gasteiger partial charge on any atom is 0.103 e. The Kier molecular flexibility index (Phi) is 5.06. The first-order valence-corrected chi connectivity index (χ1v) is 4.02. The SMILES string of the molecule is C=C(C)CC(O)C(CF)(CF)CF. The molecule has 1 unspecified atom stereocenters. The summed E-state index contributed by atoms with van der Waals surface area (Å²) in [6.07, 6.45) is -1.32. The molecule has 78 valence electrons. The summed E-state index contributed by atoms with van der Waals surface area (Å²) in [6, 6.07) is 0. The van der Waals surface area contributed by atoms with Crippen molar-refractivity contribution >= 4 is 0 Å². The molecule has 0 aliphatic carbocycles. The van der Waals surface area contributed by atoms with E-state index in [0.29, 0.717) is 5.57 Å². The van der Waals surface area contributed by atoms with Gasteiger partial charge < -0.3 is 5.11 Å². The fourth-order valence-electron chi connectivity index (χ4n) is 0.921. The third-order valence-corrected chi connectivity index (χ3v) is 2.05. The second-order valence-corrected chi connectivity index (χ2v) is 3.44. The summed E-state index contributed by atoms with van der Waals surface area (Å²) in [5.74, 6) is 0. The number of hydrogen-bond acceptors (Lipinski definition) is 1. The average Bonchev–Trinajstić information content (AvgIpc) is 2.07. The number of alkyl halides is 3. The number of rotatable bonds is 6. The lowest BCUT2D eigenvalue weighted by Crippen LogP contribution is -2.41. The van der Waals surface area contributed by atoms with E-state index < -0.39 is 31.5 Å². The fraction of sp³-hybridized carbons (Fsp3) is 0.778. The van der Waals surface area contributed by atoms with Gasteiger partial charge in [-0.15, -0.1) is 6.58 Å². The van der Waals surface area contributed by atoms with Gasteiger partial charge in [0.25, 0.3) is 0 Å². The number of halogens is 3. The molecule has 1 nitrogen and oxygen atoms in total. The second kappa shape index (κ2) is 5.27. The lowest BCUT2D eigenvalue weighted by Gasteiger charge is -2.30. The highest BCUT2D eigenvalue weighted by molar-refractivity contribution is 4.97. The van der Waals surface area contributed by atoms with Crippen LogP contribution in [-0.2, 0) is 0 Å². The monoisotopic (exact) mass is 196 g/mol. The highest BCUT2D eigenvalue weighted by Gasteiger charge is 2.38. The molecule has 0 aliphatic heterocycles. The number of aliphatic hydroxyl groups excluding tert-OH is 1. The summed E-state index contributed by atoms with van der Waals surface area (Å²) in [4.78, 5) is 0. The van der Waals surface area contributed by atoms with Crippen molar-refractivity contribution in [1.82, 2.24) is 0 Å². The molecule has 0 saturated heterocycles. The number of hydrogen-bond donors (Lipinski definition) is 1. The standard InChI is InChI=1S/C9H15F3O/c1-7(2)3-8(13)9(4-10,5-11)6-12/h8,13H,1,3-6H2,2H3. The van der Waals surface area contributed by atoms with E-state index in [9.17, 15) is 18.3 Å². The molecule has 0 heterocycles. The van der Waals surface area contributed by atoms with Crippen molar-refractivity contribution < 1.29 is 18.3 Å². The topological polar surface area (TPSA) is 20.2 Å². The Hall–Kier alpha value is -0.510. The molecule has 0 aromatic heterocycles. The van der Waals surface area contributed by atoms with Crippen LogP contribution in [0, 0.1) is 5.41 Å². The number of aliphatic hydroxyl groups is 1. The van der Waals surface area contributed by atoms with Crippen molar-refractivity contribution in [3.8, 4) is 0 Å². The van der Waals surface area contributed by atoms with Gasteiger partial charge in [0.2, 0.25) is 0 Å². The van der Waals surface area contributed by atoms with Gasteiger partial charge in [-0.05, 0) is 13.3 Å². The van der Waals surface area contributed by atoms with Crippen LogP contribution in [0.4, 0.5) is 13.2 Å². The van der Waals surface area contributed by atoms with E-state index in [-0.39, 0.29) is 6.42 Å².